The number of rotatable bonds is 5. The number of nitrogens with one attached hydrogen (secondary N) is 1. The number of anilines is 1. The summed E-state index contributed by atoms with van der Waals surface area (Å²) >= 11 is 0. The summed E-state index contributed by atoms with van der Waals surface area (Å²) in [4.78, 5) is 28.0. The Labute approximate surface area is 156 Å². The Morgan fingerprint density at radius 3 is 2.22 bits per heavy atom. The number of hydrogen-bond acceptors (Lipinski definition) is 4. The number of carbonyl (C=O) groups excluding carboxylic acids is 2. The van der Waals surface area contributed by atoms with Crippen molar-refractivity contribution in [1.29, 1.82) is 0 Å². The van der Waals surface area contributed by atoms with E-state index in [1.54, 1.807) is 25.9 Å². The molecule has 0 saturated carbocycles. The van der Waals surface area contributed by atoms with Gasteiger partial charge in [-0.25, -0.2) is 0 Å². The summed E-state index contributed by atoms with van der Waals surface area (Å²) < 4.78 is 40.3. The monoisotopic (exact) mass is 387 g/mol. The number of nitrogens with zero attached hydrogens (tertiary/aromatic N) is 2. The second kappa shape index (κ2) is 8.60. The molecule has 1 heterocycles. The van der Waals surface area contributed by atoms with E-state index in [0.29, 0.717) is 31.6 Å². The Bertz CT molecular complexity index is 654. The van der Waals surface area contributed by atoms with Crippen LogP contribution in [0.2, 0.25) is 0 Å². The van der Waals surface area contributed by atoms with Crippen LogP contribution in [-0.2, 0) is 9.59 Å². The molecule has 1 atom stereocenters. The molecule has 27 heavy (non-hydrogen) atoms. The zero-order chi connectivity index (χ0) is 20.2. The van der Waals surface area contributed by atoms with Crippen LogP contribution < -0.4 is 10.1 Å². The number of piperidine rings is 1. The van der Waals surface area contributed by atoms with Gasteiger partial charge in [0.2, 0.25) is 11.8 Å². The van der Waals surface area contributed by atoms with Crippen LogP contribution in [0.25, 0.3) is 0 Å². The fourth-order valence-corrected chi connectivity index (χ4v) is 3.05. The average molecular weight is 387 g/mol. The molecular formula is C18H24F3N3O3. The maximum absolute atomic E-state index is 12.4. The third-order valence-electron chi connectivity index (χ3n) is 4.60. The van der Waals surface area contributed by atoms with Crippen LogP contribution in [0.5, 0.6) is 5.75 Å². The lowest BCUT2D eigenvalue weighted by Gasteiger charge is -2.35. The standard InChI is InChI=1S/C18H24F3N3O3/c1-12(24-10-8-13(9-11-24)17(26)23(2)3)16(25)22-14-4-6-15(7-5-14)27-18(19,20)21/h4-7,12-13H,8-11H2,1-3H3,(H,22,25). The van der Waals surface area contributed by atoms with E-state index in [1.165, 1.54) is 12.1 Å². The highest BCUT2D eigenvalue weighted by Crippen LogP contribution is 2.25. The predicted molar refractivity (Wildman–Crippen MR) is 94.2 cm³/mol. The van der Waals surface area contributed by atoms with E-state index in [0.717, 1.165) is 12.1 Å². The SMILES string of the molecule is CC(C(=O)Nc1ccc(OC(F)(F)F)cc1)N1CCC(C(=O)N(C)C)CC1. The van der Waals surface area contributed by atoms with Gasteiger partial charge in [0, 0.05) is 25.7 Å². The molecule has 1 aliphatic rings. The lowest BCUT2D eigenvalue weighted by molar-refractivity contribution is -0.274. The second-order valence-electron chi connectivity index (χ2n) is 6.78. The molecule has 0 bridgehead atoms. The highest BCUT2D eigenvalue weighted by atomic mass is 19.4. The van der Waals surface area contributed by atoms with Crippen molar-refractivity contribution in [2.24, 2.45) is 5.92 Å². The number of halogens is 3. The zero-order valence-electron chi connectivity index (χ0n) is 15.5. The molecule has 1 aromatic carbocycles. The van der Waals surface area contributed by atoms with Gasteiger partial charge in [-0.05, 0) is 57.1 Å². The summed E-state index contributed by atoms with van der Waals surface area (Å²) in [5.41, 5.74) is 0.388. The molecule has 1 saturated heterocycles. The van der Waals surface area contributed by atoms with Crippen molar-refractivity contribution in [2.75, 3.05) is 32.5 Å². The number of ether oxygens (including phenoxy) is 1. The van der Waals surface area contributed by atoms with Gasteiger partial charge < -0.3 is 15.0 Å². The summed E-state index contributed by atoms with van der Waals surface area (Å²) in [7, 11) is 3.46. The minimum absolute atomic E-state index is 0.0207. The third kappa shape index (κ3) is 6.13. The maximum Gasteiger partial charge on any atom is 0.573 e. The van der Waals surface area contributed by atoms with Crippen molar-refractivity contribution in [3.63, 3.8) is 0 Å². The molecule has 6 nitrogen and oxygen atoms in total. The summed E-state index contributed by atoms with van der Waals surface area (Å²) in [6.07, 6.45) is -3.37. The van der Waals surface area contributed by atoms with Crippen LogP contribution in [0.1, 0.15) is 19.8 Å². The topological polar surface area (TPSA) is 61.9 Å². The van der Waals surface area contributed by atoms with Crippen LogP contribution in [0.3, 0.4) is 0 Å². The van der Waals surface area contributed by atoms with Crippen molar-refractivity contribution in [3.8, 4) is 5.75 Å². The molecule has 0 aliphatic carbocycles. The Balaban J connectivity index is 1.86. The molecule has 2 rings (SSSR count). The van der Waals surface area contributed by atoms with E-state index in [9.17, 15) is 22.8 Å². The highest BCUT2D eigenvalue weighted by molar-refractivity contribution is 5.94. The summed E-state index contributed by atoms with van der Waals surface area (Å²) in [5, 5.41) is 2.69. The first-order valence-corrected chi connectivity index (χ1v) is 8.68. The summed E-state index contributed by atoms with van der Waals surface area (Å²) in [6.45, 7) is 3.04. The van der Waals surface area contributed by atoms with Crippen molar-refractivity contribution in [3.05, 3.63) is 24.3 Å². The van der Waals surface area contributed by atoms with Crippen molar-refractivity contribution in [1.82, 2.24) is 9.80 Å². The van der Waals surface area contributed by atoms with E-state index in [4.69, 9.17) is 0 Å². The Hall–Kier alpha value is -2.29. The zero-order valence-corrected chi connectivity index (χ0v) is 15.5. The molecule has 0 spiro atoms. The van der Waals surface area contributed by atoms with Gasteiger partial charge in [-0.1, -0.05) is 0 Å². The molecule has 9 heteroatoms. The summed E-state index contributed by atoms with van der Waals surface area (Å²) in [5.74, 6) is -0.515. The van der Waals surface area contributed by atoms with Gasteiger partial charge in [-0.15, -0.1) is 13.2 Å². The third-order valence-corrected chi connectivity index (χ3v) is 4.60. The van der Waals surface area contributed by atoms with Gasteiger partial charge in [0.05, 0.1) is 6.04 Å². The van der Waals surface area contributed by atoms with Gasteiger partial charge in [0.25, 0.3) is 0 Å². The molecule has 1 aromatic rings. The Morgan fingerprint density at radius 2 is 1.74 bits per heavy atom. The number of amides is 2. The van der Waals surface area contributed by atoms with Crippen LogP contribution in [0, 0.1) is 5.92 Å². The molecule has 1 N–H and O–H groups in total. The number of benzene rings is 1. The van der Waals surface area contributed by atoms with E-state index in [-0.39, 0.29) is 23.5 Å². The largest absolute Gasteiger partial charge is 0.573 e. The molecule has 0 radical (unpaired) electrons. The van der Waals surface area contributed by atoms with Crippen LogP contribution in [-0.4, -0.2) is 61.2 Å². The van der Waals surface area contributed by atoms with Gasteiger partial charge >= 0.3 is 6.36 Å². The van der Waals surface area contributed by atoms with Crippen LogP contribution in [0.4, 0.5) is 18.9 Å². The van der Waals surface area contributed by atoms with Crippen molar-refractivity contribution < 1.29 is 27.5 Å². The van der Waals surface area contributed by atoms with E-state index < -0.39 is 12.4 Å². The Kier molecular flexibility index (Phi) is 6.69. The van der Waals surface area contributed by atoms with E-state index in [1.807, 2.05) is 4.90 Å². The minimum atomic E-state index is -4.75. The number of alkyl halides is 3. The van der Waals surface area contributed by atoms with Gasteiger partial charge in [-0.2, -0.15) is 0 Å². The molecule has 1 fully saturated rings. The van der Waals surface area contributed by atoms with Gasteiger partial charge in [0.15, 0.2) is 0 Å². The van der Waals surface area contributed by atoms with E-state index in [2.05, 4.69) is 10.1 Å². The number of carbonyl (C=O) groups is 2. The molecule has 150 valence electrons. The first-order valence-electron chi connectivity index (χ1n) is 8.68. The quantitative estimate of drug-likeness (QED) is 0.844. The second-order valence-corrected chi connectivity index (χ2v) is 6.78. The lowest BCUT2D eigenvalue weighted by Crippen LogP contribution is -2.48. The number of hydrogen-bond donors (Lipinski definition) is 1. The normalized spacial score (nSPS) is 17.3. The van der Waals surface area contributed by atoms with E-state index >= 15 is 0 Å². The smallest absolute Gasteiger partial charge is 0.406 e. The molecular weight excluding hydrogens is 363 g/mol. The molecule has 0 aromatic heterocycles. The predicted octanol–water partition coefficient (Wildman–Crippen LogP) is 2.71. The first kappa shape index (κ1) is 21.0. The number of likely N-dealkylation sites (tertiary alicyclic amines) is 1. The Morgan fingerprint density at radius 1 is 1.19 bits per heavy atom. The maximum atomic E-state index is 12.4. The summed E-state index contributed by atoms with van der Waals surface area (Å²) in [6, 6.07) is 4.59. The lowest BCUT2D eigenvalue weighted by atomic mass is 9.94. The van der Waals surface area contributed by atoms with Gasteiger partial charge in [0.1, 0.15) is 5.75 Å². The van der Waals surface area contributed by atoms with Crippen molar-refractivity contribution >= 4 is 17.5 Å². The fraction of sp³-hybridized carbons (Fsp3) is 0.556. The van der Waals surface area contributed by atoms with Crippen molar-refractivity contribution in [2.45, 2.75) is 32.2 Å². The van der Waals surface area contributed by atoms with Gasteiger partial charge in [-0.3, -0.25) is 14.5 Å². The first-order chi connectivity index (χ1) is 12.6. The molecule has 2 amide bonds. The highest BCUT2D eigenvalue weighted by Gasteiger charge is 2.32. The fourth-order valence-electron chi connectivity index (χ4n) is 3.05. The molecule has 1 unspecified atom stereocenters. The minimum Gasteiger partial charge on any atom is -0.406 e. The molecule has 1 aliphatic heterocycles. The average Bonchev–Trinajstić information content (AvgIpc) is 2.61. The van der Waals surface area contributed by atoms with Crippen LogP contribution in [0.15, 0.2) is 24.3 Å². The van der Waals surface area contributed by atoms with Crippen LogP contribution >= 0.6 is 0 Å².